The van der Waals surface area contributed by atoms with Gasteiger partial charge in [-0.1, -0.05) is 13.3 Å². The van der Waals surface area contributed by atoms with Gasteiger partial charge >= 0.3 is 0 Å². The SMILES string of the molecule is CCCCc1cc(OC)nc(N)n1. The number of nitrogen functional groups attached to an aromatic ring is 1. The maximum atomic E-state index is 5.50. The van der Waals surface area contributed by atoms with Gasteiger partial charge in [-0.15, -0.1) is 0 Å². The van der Waals surface area contributed by atoms with Crippen LogP contribution >= 0.6 is 0 Å². The fraction of sp³-hybridized carbons (Fsp3) is 0.556. The van der Waals surface area contributed by atoms with Gasteiger partial charge in [0.2, 0.25) is 11.8 Å². The van der Waals surface area contributed by atoms with Crippen molar-refractivity contribution in [2.45, 2.75) is 26.2 Å². The van der Waals surface area contributed by atoms with Crippen LogP contribution in [0.2, 0.25) is 0 Å². The molecule has 0 bridgehead atoms. The highest BCUT2D eigenvalue weighted by Crippen LogP contribution is 2.11. The molecular weight excluding hydrogens is 166 g/mol. The maximum Gasteiger partial charge on any atom is 0.223 e. The summed E-state index contributed by atoms with van der Waals surface area (Å²) in [5, 5.41) is 0. The van der Waals surface area contributed by atoms with Crippen molar-refractivity contribution in [3.8, 4) is 5.88 Å². The lowest BCUT2D eigenvalue weighted by Gasteiger charge is -2.03. The lowest BCUT2D eigenvalue weighted by Crippen LogP contribution is -2.01. The average molecular weight is 181 g/mol. The van der Waals surface area contributed by atoms with Crippen molar-refractivity contribution < 1.29 is 4.74 Å². The number of unbranched alkanes of at least 4 members (excludes halogenated alkanes) is 1. The Morgan fingerprint density at radius 2 is 2.23 bits per heavy atom. The number of nitrogens with two attached hydrogens (primary N) is 1. The average Bonchev–Trinajstić information content (AvgIpc) is 2.14. The monoisotopic (exact) mass is 181 g/mol. The summed E-state index contributed by atoms with van der Waals surface area (Å²) in [5.41, 5.74) is 6.45. The van der Waals surface area contributed by atoms with Gasteiger partial charge in [-0.3, -0.25) is 0 Å². The number of rotatable bonds is 4. The number of aromatic nitrogens is 2. The quantitative estimate of drug-likeness (QED) is 0.762. The first-order chi connectivity index (χ1) is 6.26. The van der Waals surface area contributed by atoms with E-state index in [-0.39, 0.29) is 5.95 Å². The predicted molar refractivity (Wildman–Crippen MR) is 51.6 cm³/mol. The highest BCUT2D eigenvalue weighted by atomic mass is 16.5. The van der Waals surface area contributed by atoms with Crippen molar-refractivity contribution in [2.75, 3.05) is 12.8 Å². The molecule has 0 fully saturated rings. The van der Waals surface area contributed by atoms with Gasteiger partial charge in [-0.25, -0.2) is 4.98 Å². The summed E-state index contributed by atoms with van der Waals surface area (Å²) in [5.74, 6) is 0.823. The fourth-order valence-electron chi connectivity index (χ4n) is 1.08. The summed E-state index contributed by atoms with van der Waals surface area (Å²) < 4.78 is 4.98. The van der Waals surface area contributed by atoms with E-state index in [4.69, 9.17) is 10.5 Å². The summed E-state index contributed by atoms with van der Waals surface area (Å²) >= 11 is 0. The van der Waals surface area contributed by atoms with Gasteiger partial charge in [-0.2, -0.15) is 4.98 Å². The van der Waals surface area contributed by atoms with Crippen LogP contribution in [0.5, 0.6) is 5.88 Å². The fourth-order valence-corrected chi connectivity index (χ4v) is 1.08. The van der Waals surface area contributed by atoms with Crippen molar-refractivity contribution in [3.63, 3.8) is 0 Å². The van der Waals surface area contributed by atoms with E-state index < -0.39 is 0 Å². The molecule has 0 aliphatic rings. The van der Waals surface area contributed by atoms with Crippen molar-refractivity contribution in [1.82, 2.24) is 9.97 Å². The molecule has 0 amide bonds. The van der Waals surface area contributed by atoms with Crippen molar-refractivity contribution in [2.24, 2.45) is 0 Å². The van der Waals surface area contributed by atoms with Crippen molar-refractivity contribution in [1.29, 1.82) is 0 Å². The third-order valence-electron chi connectivity index (χ3n) is 1.77. The van der Waals surface area contributed by atoms with E-state index in [0.717, 1.165) is 25.0 Å². The summed E-state index contributed by atoms with van der Waals surface area (Å²) in [6, 6.07) is 1.83. The van der Waals surface area contributed by atoms with Crippen molar-refractivity contribution >= 4 is 5.95 Å². The molecule has 0 aliphatic heterocycles. The minimum absolute atomic E-state index is 0.283. The van der Waals surface area contributed by atoms with Gasteiger partial charge in [0.1, 0.15) is 0 Å². The van der Waals surface area contributed by atoms with E-state index >= 15 is 0 Å². The standard InChI is InChI=1S/C9H15N3O/c1-3-4-5-7-6-8(13-2)12-9(10)11-7/h6H,3-5H2,1-2H3,(H2,10,11,12). The second-order valence-electron chi connectivity index (χ2n) is 2.86. The smallest absolute Gasteiger partial charge is 0.223 e. The molecule has 4 nitrogen and oxygen atoms in total. The van der Waals surface area contributed by atoms with Crippen LogP contribution in [0, 0.1) is 0 Å². The number of methoxy groups -OCH3 is 1. The highest BCUT2D eigenvalue weighted by Gasteiger charge is 2.01. The number of hydrogen-bond acceptors (Lipinski definition) is 4. The zero-order valence-corrected chi connectivity index (χ0v) is 8.08. The molecule has 0 aromatic carbocycles. The Morgan fingerprint density at radius 1 is 1.46 bits per heavy atom. The van der Waals surface area contributed by atoms with Crippen LogP contribution in [0.4, 0.5) is 5.95 Å². The van der Waals surface area contributed by atoms with Crippen molar-refractivity contribution in [3.05, 3.63) is 11.8 Å². The van der Waals surface area contributed by atoms with Gasteiger partial charge in [-0.05, 0) is 12.8 Å². The second-order valence-corrected chi connectivity index (χ2v) is 2.86. The minimum atomic E-state index is 0.283. The van der Waals surface area contributed by atoms with E-state index in [1.165, 1.54) is 0 Å². The first-order valence-electron chi connectivity index (χ1n) is 4.43. The maximum absolute atomic E-state index is 5.50. The molecule has 0 atom stereocenters. The molecule has 0 saturated carbocycles. The zero-order valence-electron chi connectivity index (χ0n) is 8.08. The van der Waals surface area contributed by atoms with Crippen LogP contribution in [0.1, 0.15) is 25.5 Å². The molecule has 1 rings (SSSR count). The Balaban J connectivity index is 2.76. The first kappa shape index (κ1) is 9.77. The highest BCUT2D eigenvalue weighted by molar-refractivity contribution is 5.25. The van der Waals surface area contributed by atoms with Crippen LogP contribution in [-0.2, 0) is 6.42 Å². The minimum Gasteiger partial charge on any atom is -0.481 e. The molecule has 0 radical (unpaired) electrons. The van der Waals surface area contributed by atoms with Gasteiger partial charge < -0.3 is 10.5 Å². The topological polar surface area (TPSA) is 61.0 Å². The van der Waals surface area contributed by atoms with Crippen LogP contribution in [-0.4, -0.2) is 17.1 Å². The van der Waals surface area contributed by atoms with Crippen LogP contribution in [0.15, 0.2) is 6.07 Å². The first-order valence-corrected chi connectivity index (χ1v) is 4.43. The molecule has 1 aromatic rings. The number of ether oxygens (including phenoxy) is 1. The van der Waals surface area contributed by atoms with Crippen LogP contribution in [0.25, 0.3) is 0 Å². The van der Waals surface area contributed by atoms with E-state index in [9.17, 15) is 0 Å². The number of hydrogen-bond donors (Lipinski definition) is 1. The van der Waals surface area contributed by atoms with Gasteiger partial charge in [0, 0.05) is 11.8 Å². The van der Waals surface area contributed by atoms with Gasteiger partial charge in [0.05, 0.1) is 7.11 Å². The predicted octanol–water partition coefficient (Wildman–Crippen LogP) is 1.41. The zero-order chi connectivity index (χ0) is 9.68. The van der Waals surface area contributed by atoms with Gasteiger partial charge in [0.25, 0.3) is 0 Å². The molecule has 0 aliphatic carbocycles. The molecule has 1 aromatic heterocycles. The van der Waals surface area contributed by atoms with E-state index in [0.29, 0.717) is 5.88 Å². The molecule has 72 valence electrons. The van der Waals surface area contributed by atoms with E-state index in [1.54, 1.807) is 7.11 Å². The Kier molecular flexibility index (Phi) is 3.49. The molecule has 4 heteroatoms. The molecule has 13 heavy (non-hydrogen) atoms. The normalized spacial score (nSPS) is 10.0. The Labute approximate surface area is 78.1 Å². The Morgan fingerprint density at radius 3 is 2.85 bits per heavy atom. The number of anilines is 1. The Bertz CT molecular complexity index is 276. The molecule has 1 heterocycles. The molecule has 0 saturated heterocycles. The number of nitrogens with zero attached hydrogens (tertiary/aromatic N) is 2. The molecule has 0 unspecified atom stereocenters. The Hall–Kier alpha value is -1.32. The summed E-state index contributed by atoms with van der Waals surface area (Å²) in [6.45, 7) is 2.14. The van der Waals surface area contributed by atoms with Crippen LogP contribution in [0.3, 0.4) is 0 Å². The van der Waals surface area contributed by atoms with E-state index in [1.807, 2.05) is 6.07 Å². The second kappa shape index (κ2) is 4.64. The molecule has 0 spiro atoms. The number of aryl methyl sites for hydroxylation is 1. The summed E-state index contributed by atoms with van der Waals surface area (Å²) in [6.07, 6.45) is 3.19. The van der Waals surface area contributed by atoms with Gasteiger partial charge in [0.15, 0.2) is 0 Å². The lowest BCUT2D eigenvalue weighted by molar-refractivity contribution is 0.396. The third-order valence-corrected chi connectivity index (χ3v) is 1.77. The summed E-state index contributed by atoms with van der Waals surface area (Å²) in [4.78, 5) is 8.01. The molecule has 2 N–H and O–H groups in total. The van der Waals surface area contributed by atoms with E-state index in [2.05, 4.69) is 16.9 Å². The molecular formula is C9H15N3O. The third kappa shape index (κ3) is 2.89. The summed E-state index contributed by atoms with van der Waals surface area (Å²) in [7, 11) is 1.57. The lowest BCUT2D eigenvalue weighted by atomic mass is 10.2. The largest absolute Gasteiger partial charge is 0.481 e. The van der Waals surface area contributed by atoms with Crippen LogP contribution < -0.4 is 10.5 Å².